The van der Waals surface area contributed by atoms with E-state index in [2.05, 4.69) is 10.3 Å². The Balaban J connectivity index is 2.56. The van der Waals surface area contributed by atoms with Gasteiger partial charge in [0.05, 0.1) is 6.04 Å². The van der Waals surface area contributed by atoms with Gasteiger partial charge in [-0.05, 0) is 6.92 Å². The Labute approximate surface area is 67.9 Å². The molecule has 1 amide bonds. The monoisotopic (exact) mass is 172 g/mol. The molecule has 0 spiro atoms. The zero-order chi connectivity index (χ0) is 8.27. The molecule has 0 saturated carbocycles. The van der Waals surface area contributed by atoms with E-state index < -0.39 is 6.09 Å². The predicted molar refractivity (Wildman–Crippen MR) is 41.7 cm³/mol. The highest BCUT2D eigenvalue weighted by atomic mass is 32.1. The largest absolute Gasteiger partial charge is 0.465 e. The van der Waals surface area contributed by atoms with Gasteiger partial charge in [0.2, 0.25) is 0 Å². The van der Waals surface area contributed by atoms with Crippen LogP contribution in [-0.2, 0) is 0 Å². The average Bonchev–Trinajstić information content (AvgIpc) is 2.35. The molecule has 1 atom stereocenters. The molecule has 0 aliphatic carbocycles. The smallest absolute Gasteiger partial charge is 0.405 e. The molecule has 0 radical (unpaired) electrons. The molecule has 0 aliphatic rings. The van der Waals surface area contributed by atoms with Crippen LogP contribution in [0.4, 0.5) is 4.79 Å². The quantitative estimate of drug-likeness (QED) is 0.710. The van der Waals surface area contributed by atoms with E-state index in [0.717, 1.165) is 5.01 Å². The Morgan fingerprint density at radius 1 is 1.91 bits per heavy atom. The number of hydrogen-bond donors (Lipinski definition) is 2. The van der Waals surface area contributed by atoms with Gasteiger partial charge in [0.15, 0.2) is 0 Å². The summed E-state index contributed by atoms with van der Waals surface area (Å²) in [5.41, 5.74) is 0. The van der Waals surface area contributed by atoms with Crippen LogP contribution in [-0.4, -0.2) is 16.2 Å². The van der Waals surface area contributed by atoms with Crippen LogP contribution in [0.15, 0.2) is 11.6 Å². The van der Waals surface area contributed by atoms with Crippen LogP contribution in [0.1, 0.15) is 18.0 Å². The topological polar surface area (TPSA) is 62.2 Å². The Morgan fingerprint density at radius 3 is 3.09 bits per heavy atom. The van der Waals surface area contributed by atoms with Crippen LogP contribution in [0, 0.1) is 0 Å². The van der Waals surface area contributed by atoms with Gasteiger partial charge in [0.25, 0.3) is 0 Å². The lowest BCUT2D eigenvalue weighted by atomic mass is 10.4. The van der Waals surface area contributed by atoms with Gasteiger partial charge in [0, 0.05) is 11.6 Å². The second kappa shape index (κ2) is 3.34. The molecule has 0 bridgehead atoms. The van der Waals surface area contributed by atoms with E-state index in [1.165, 1.54) is 11.3 Å². The fraction of sp³-hybridized carbons (Fsp3) is 0.333. The van der Waals surface area contributed by atoms with E-state index in [9.17, 15) is 4.79 Å². The van der Waals surface area contributed by atoms with Crippen molar-refractivity contribution in [1.29, 1.82) is 0 Å². The highest BCUT2D eigenvalue weighted by Gasteiger charge is 2.09. The van der Waals surface area contributed by atoms with E-state index in [4.69, 9.17) is 5.11 Å². The Hall–Kier alpha value is -1.10. The lowest BCUT2D eigenvalue weighted by Crippen LogP contribution is -2.24. The van der Waals surface area contributed by atoms with Crippen LogP contribution in [0.3, 0.4) is 0 Å². The van der Waals surface area contributed by atoms with E-state index in [1.54, 1.807) is 13.1 Å². The lowest BCUT2D eigenvalue weighted by Gasteiger charge is -2.06. The molecule has 4 nitrogen and oxygen atoms in total. The number of carbonyl (C=O) groups is 1. The van der Waals surface area contributed by atoms with Crippen molar-refractivity contribution in [3.05, 3.63) is 16.6 Å². The maximum atomic E-state index is 10.2. The fourth-order valence-electron chi connectivity index (χ4n) is 0.695. The second-order valence-corrected chi connectivity index (χ2v) is 2.97. The van der Waals surface area contributed by atoms with Crippen molar-refractivity contribution in [3.8, 4) is 0 Å². The number of rotatable bonds is 2. The number of hydrogen-bond acceptors (Lipinski definition) is 3. The van der Waals surface area contributed by atoms with Gasteiger partial charge in [-0.3, -0.25) is 0 Å². The van der Waals surface area contributed by atoms with Gasteiger partial charge in [-0.25, -0.2) is 9.78 Å². The first-order valence-electron chi connectivity index (χ1n) is 3.09. The molecule has 0 saturated heterocycles. The number of nitrogens with zero attached hydrogens (tertiary/aromatic N) is 1. The first kappa shape index (κ1) is 8.00. The van der Waals surface area contributed by atoms with E-state index in [-0.39, 0.29) is 6.04 Å². The highest BCUT2D eigenvalue weighted by Crippen LogP contribution is 2.13. The van der Waals surface area contributed by atoms with Gasteiger partial charge in [-0.2, -0.15) is 0 Å². The summed E-state index contributed by atoms with van der Waals surface area (Å²) >= 11 is 1.44. The summed E-state index contributed by atoms with van der Waals surface area (Å²) in [6.07, 6.45) is 0.632. The molecular weight excluding hydrogens is 164 g/mol. The minimum Gasteiger partial charge on any atom is -0.465 e. The van der Waals surface area contributed by atoms with Crippen molar-refractivity contribution < 1.29 is 9.90 Å². The summed E-state index contributed by atoms with van der Waals surface area (Å²) in [6.45, 7) is 1.76. The Bertz CT molecular complexity index is 235. The molecule has 0 fully saturated rings. The van der Waals surface area contributed by atoms with Crippen LogP contribution < -0.4 is 5.32 Å². The molecule has 1 heterocycles. The van der Waals surface area contributed by atoms with E-state index in [0.29, 0.717) is 0 Å². The predicted octanol–water partition coefficient (Wildman–Crippen LogP) is 1.47. The van der Waals surface area contributed by atoms with Gasteiger partial charge in [0.1, 0.15) is 5.01 Å². The van der Waals surface area contributed by atoms with Crippen molar-refractivity contribution in [2.45, 2.75) is 13.0 Å². The molecule has 11 heavy (non-hydrogen) atoms. The number of thiazole rings is 1. The van der Waals surface area contributed by atoms with Gasteiger partial charge < -0.3 is 10.4 Å². The SMILES string of the molecule is C[C@H](NC(=O)O)c1nccs1. The molecular formula is C6H8N2O2S. The van der Waals surface area contributed by atoms with Crippen LogP contribution in [0.2, 0.25) is 0 Å². The number of amides is 1. The fourth-order valence-corrected chi connectivity index (χ4v) is 1.34. The standard InChI is InChI=1S/C6H8N2O2S/c1-4(8-6(9)10)5-7-2-3-11-5/h2-4,8H,1H3,(H,9,10)/t4-/m0/s1. The average molecular weight is 172 g/mol. The summed E-state index contributed by atoms with van der Waals surface area (Å²) in [5.74, 6) is 0. The molecule has 1 aromatic heterocycles. The normalized spacial score (nSPS) is 12.5. The van der Waals surface area contributed by atoms with E-state index >= 15 is 0 Å². The Morgan fingerprint density at radius 2 is 2.64 bits per heavy atom. The molecule has 1 rings (SSSR count). The van der Waals surface area contributed by atoms with Gasteiger partial charge in [-0.15, -0.1) is 11.3 Å². The van der Waals surface area contributed by atoms with Crippen LogP contribution >= 0.6 is 11.3 Å². The van der Waals surface area contributed by atoms with Crippen molar-refractivity contribution in [2.75, 3.05) is 0 Å². The third-order valence-electron chi connectivity index (χ3n) is 1.16. The molecule has 1 aromatic rings. The first-order valence-corrected chi connectivity index (χ1v) is 3.97. The molecule has 5 heteroatoms. The van der Waals surface area contributed by atoms with Crippen molar-refractivity contribution in [3.63, 3.8) is 0 Å². The lowest BCUT2D eigenvalue weighted by molar-refractivity contribution is 0.191. The third-order valence-corrected chi connectivity index (χ3v) is 2.12. The molecule has 60 valence electrons. The van der Waals surface area contributed by atoms with Crippen molar-refractivity contribution in [1.82, 2.24) is 10.3 Å². The number of carboxylic acid groups (broad SMARTS) is 1. The van der Waals surface area contributed by atoms with E-state index in [1.807, 2.05) is 5.38 Å². The highest BCUT2D eigenvalue weighted by molar-refractivity contribution is 7.09. The number of aromatic nitrogens is 1. The van der Waals surface area contributed by atoms with Crippen LogP contribution in [0.25, 0.3) is 0 Å². The zero-order valence-electron chi connectivity index (χ0n) is 5.94. The molecule has 0 aliphatic heterocycles. The summed E-state index contributed by atoms with van der Waals surface area (Å²) < 4.78 is 0. The maximum Gasteiger partial charge on any atom is 0.405 e. The summed E-state index contributed by atoms with van der Waals surface area (Å²) in [7, 11) is 0. The third kappa shape index (κ3) is 2.19. The number of nitrogens with one attached hydrogen (secondary N) is 1. The second-order valence-electron chi connectivity index (χ2n) is 2.04. The molecule has 0 unspecified atom stereocenters. The summed E-state index contributed by atoms with van der Waals surface area (Å²) in [6, 6.07) is -0.215. The summed E-state index contributed by atoms with van der Waals surface area (Å²) in [5, 5.41) is 13.3. The first-order chi connectivity index (χ1) is 5.20. The van der Waals surface area contributed by atoms with Crippen LogP contribution in [0.5, 0.6) is 0 Å². The minimum absolute atomic E-state index is 0.215. The molecule has 0 aromatic carbocycles. The minimum atomic E-state index is -1.02. The van der Waals surface area contributed by atoms with Gasteiger partial charge in [-0.1, -0.05) is 0 Å². The molecule has 2 N–H and O–H groups in total. The zero-order valence-corrected chi connectivity index (χ0v) is 6.76. The van der Waals surface area contributed by atoms with Crippen molar-refractivity contribution >= 4 is 17.4 Å². The summed E-state index contributed by atoms with van der Waals surface area (Å²) in [4.78, 5) is 14.1. The van der Waals surface area contributed by atoms with Gasteiger partial charge >= 0.3 is 6.09 Å². The Kier molecular flexibility index (Phi) is 2.43. The maximum absolute atomic E-state index is 10.2. The van der Waals surface area contributed by atoms with Crippen molar-refractivity contribution in [2.24, 2.45) is 0 Å².